The molecule has 0 saturated heterocycles. The van der Waals surface area contributed by atoms with Crippen molar-refractivity contribution in [3.05, 3.63) is 24.3 Å². The van der Waals surface area contributed by atoms with Gasteiger partial charge in [-0.1, -0.05) is 6.07 Å². The van der Waals surface area contributed by atoms with Crippen LogP contribution in [-0.4, -0.2) is 31.9 Å². The molecule has 1 N–H and O–H groups in total. The van der Waals surface area contributed by atoms with Crippen LogP contribution in [0.1, 0.15) is 6.92 Å². The molecule has 0 aliphatic carbocycles. The molecule has 0 fully saturated rings. The van der Waals surface area contributed by atoms with Crippen molar-refractivity contribution in [3.63, 3.8) is 0 Å². The Morgan fingerprint density at radius 3 is 2.88 bits per heavy atom. The smallest absolute Gasteiger partial charge is 0.345 e. The zero-order valence-corrected chi connectivity index (χ0v) is 9.69. The molecular formula is C11H16N2O3. The third kappa shape index (κ3) is 3.43. The van der Waals surface area contributed by atoms with Gasteiger partial charge in [-0.05, 0) is 19.1 Å². The minimum Gasteiger partial charge on any atom is -0.494 e. The van der Waals surface area contributed by atoms with E-state index in [1.54, 1.807) is 12.1 Å². The Hall–Kier alpha value is -1.75. The van der Waals surface area contributed by atoms with Gasteiger partial charge in [0.2, 0.25) is 0 Å². The topological polar surface area (TPSA) is 50.8 Å². The van der Waals surface area contributed by atoms with E-state index < -0.39 is 0 Å². The van der Waals surface area contributed by atoms with Crippen LogP contribution in [0.2, 0.25) is 0 Å². The predicted molar refractivity (Wildman–Crippen MR) is 61.4 cm³/mol. The van der Waals surface area contributed by atoms with Gasteiger partial charge in [0.05, 0.1) is 13.7 Å². The van der Waals surface area contributed by atoms with Gasteiger partial charge >= 0.3 is 6.03 Å². The summed E-state index contributed by atoms with van der Waals surface area (Å²) >= 11 is 0. The van der Waals surface area contributed by atoms with Crippen LogP contribution in [0, 0.1) is 0 Å². The van der Waals surface area contributed by atoms with Crippen LogP contribution in [0.4, 0.5) is 10.5 Å². The van der Waals surface area contributed by atoms with Crippen LogP contribution in [0.3, 0.4) is 0 Å². The number of amides is 2. The molecule has 1 aromatic rings. The summed E-state index contributed by atoms with van der Waals surface area (Å²) < 4.78 is 5.32. The Morgan fingerprint density at radius 2 is 2.25 bits per heavy atom. The van der Waals surface area contributed by atoms with Crippen molar-refractivity contribution >= 4 is 11.7 Å². The number of hydrogen-bond donors (Lipinski definition) is 1. The largest absolute Gasteiger partial charge is 0.494 e. The molecular weight excluding hydrogens is 208 g/mol. The Kier molecular flexibility index (Phi) is 4.60. The molecule has 0 atom stereocenters. The number of hydrogen-bond acceptors (Lipinski definition) is 3. The minimum absolute atomic E-state index is 0.337. The molecule has 0 aliphatic rings. The molecule has 16 heavy (non-hydrogen) atoms. The molecule has 0 aromatic heterocycles. The number of rotatable bonds is 4. The van der Waals surface area contributed by atoms with Crippen LogP contribution < -0.4 is 10.1 Å². The summed E-state index contributed by atoms with van der Waals surface area (Å²) in [5.74, 6) is 0.723. The highest BCUT2D eigenvalue weighted by molar-refractivity contribution is 5.88. The monoisotopic (exact) mass is 224 g/mol. The Morgan fingerprint density at radius 1 is 1.50 bits per heavy atom. The molecule has 1 aromatic carbocycles. The number of carbonyl (C=O) groups excluding carboxylic acids is 1. The Labute approximate surface area is 94.9 Å². The van der Waals surface area contributed by atoms with Gasteiger partial charge in [0.1, 0.15) is 5.75 Å². The maximum atomic E-state index is 11.5. The number of carbonyl (C=O) groups is 1. The number of hydroxylamine groups is 2. The quantitative estimate of drug-likeness (QED) is 0.797. The molecule has 1 rings (SSSR count). The van der Waals surface area contributed by atoms with E-state index in [1.165, 1.54) is 14.2 Å². The molecule has 0 spiro atoms. The van der Waals surface area contributed by atoms with Crippen molar-refractivity contribution in [3.8, 4) is 5.75 Å². The average molecular weight is 224 g/mol. The molecule has 88 valence electrons. The predicted octanol–water partition coefficient (Wildman–Crippen LogP) is 2.11. The lowest BCUT2D eigenvalue weighted by atomic mass is 10.3. The van der Waals surface area contributed by atoms with E-state index in [0.29, 0.717) is 12.3 Å². The highest BCUT2D eigenvalue weighted by Gasteiger charge is 2.07. The normalized spacial score (nSPS) is 9.69. The van der Waals surface area contributed by atoms with Gasteiger partial charge in [0.25, 0.3) is 0 Å². The third-order valence-corrected chi connectivity index (χ3v) is 1.96. The zero-order chi connectivity index (χ0) is 12.0. The van der Waals surface area contributed by atoms with Crippen molar-refractivity contribution in [2.45, 2.75) is 6.92 Å². The summed E-state index contributed by atoms with van der Waals surface area (Å²) in [6.07, 6.45) is 0. The second kappa shape index (κ2) is 5.97. The first-order valence-electron chi connectivity index (χ1n) is 4.99. The summed E-state index contributed by atoms with van der Waals surface area (Å²) in [6.45, 7) is 2.50. The summed E-state index contributed by atoms with van der Waals surface area (Å²) in [5, 5.41) is 3.78. The van der Waals surface area contributed by atoms with Crippen molar-refractivity contribution < 1.29 is 14.4 Å². The van der Waals surface area contributed by atoms with Crippen molar-refractivity contribution in [2.24, 2.45) is 0 Å². The highest BCUT2D eigenvalue weighted by Crippen LogP contribution is 2.17. The molecule has 0 unspecified atom stereocenters. The van der Waals surface area contributed by atoms with Crippen molar-refractivity contribution in [1.29, 1.82) is 0 Å². The van der Waals surface area contributed by atoms with Crippen LogP contribution >= 0.6 is 0 Å². The van der Waals surface area contributed by atoms with E-state index in [9.17, 15) is 4.79 Å². The van der Waals surface area contributed by atoms with E-state index in [4.69, 9.17) is 9.57 Å². The maximum absolute atomic E-state index is 11.5. The lowest BCUT2D eigenvalue weighted by molar-refractivity contribution is -0.0598. The van der Waals surface area contributed by atoms with Gasteiger partial charge in [-0.25, -0.2) is 9.86 Å². The van der Waals surface area contributed by atoms with Crippen LogP contribution in [0.15, 0.2) is 24.3 Å². The van der Waals surface area contributed by atoms with Gasteiger partial charge in [0.15, 0.2) is 0 Å². The van der Waals surface area contributed by atoms with Crippen LogP contribution in [0.5, 0.6) is 5.75 Å². The Bertz CT molecular complexity index is 355. The van der Waals surface area contributed by atoms with E-state index in [1.807, 2.05) is 19.1 Å². The molecule has 5 nitrogen and oxygen atoms in total. The molecule has 0 radical (unpaired) electrons. The number of ether oxygens (including phenoxy) is 1. The van der Waals surface area contributed by atoms with Crippen LogP contribution in [-0.2, 0) is 4.84 Å². The number of anilines is 1. The molecule has 0 heterocycles. The molecule has 0 saturated carbocycles. The van der Waals surface area contributed by atoms with Gasteiger partial charge in [0, 0.05) is 18.8 Å². The van der Waals surface area contributed by atoms with Gasteiger partial charge in [-0.2, -0.15) is 0 Å². The molecule has 2 amide bonds. The van der Waals surface area contributed by atoms with E-state index in [2.05, 4.69) is 5.32 Å². The highest BCUT2D eigenvalue weighted by atomic mass is 16.7. The minimum atomic E-state index is -0.337. The van der Waals surface area contributed by atoms with E-state index in [0.717, 1.165) is 10.8 Å². The maximum Gasteiger partial charge on any atom is 0.345 e. The van der Waals surface area contributed by atoms with Crippen molar-refractivity contribution in [1.82, 2.24) is 5.06 Å². The zero-order valence-electron chi connectivity index (χ0n) is 9.69. The first kappa shape index (κ1) is 12.3. The summed E-state index contributed by atoms with van der Waals surface area (Å²) in [7, 11) is 2.96. The van der Waals surface area contributed by atoms with Gasteiger partial charge in [-0.15, -0.1) is 0 Å². The second-order valence-corrected chi connectivity index (χ2v) is 3.07. The first-order chi connectivity index (χ1) is 7.67. The standard InChI is InChI=1S/C11H16N2O3/c1-4-16-10-7-5-6-9(8-10)12-11(14)13(2)15-3/h5-8H,4H2,1-3H3,(H,12,14). The fourth-order valence-electron chi connectivity index (χ4n) is 1.12. The van der Waals surface area contributed by atoms with E-state index in [-0.39, 0.29) is 6.03 Å². The lowest BCUT2D eigenvalue weighted by Crippen LogP contribution is -2.30. The van der Waals surface area contributed by atoms with Gasteiger partial charge < -0.3 is 10.1 Å². The molecule has 0 aliphatic heterocycles. The third-order valence-electron chi connectivity index (χ3n) is 1.96. The average Bonchev–Trinajstić information content (AvgIpc) is 2.29. The number of nitrogens with one attached hydrogen (secondary N) is 1. The number of nitrogens with zero attached hydrogens (tertiary/aromatic N) is 1. The fourth-order valence-corrected chi connectivity index (χ4v) is 1.12. The first-order valence-corrected chi connectivity index (χ1v) is 4.99. The summed E-state index contributed by atoms with van der Waals surface area (Å²) in [6, 6.07) is 6.85. The van der Waals surface area contributed by atoms with Gasteiger partial charge in [-0.3, -0.25) is 4.84 Å². The summed E-state index contributed by atoms with van der Waals surface area (Å²) in [5.41, 5.74) is 0.667. The second-order valence-electron chi connectivity index (χ2n) is 3.07. The number of urea groups is 1. The summed E-state index contributed by atoms with van der Waals surface area (Å²) in [4.78, 5) is 16.2. The lowest BCUT2D eigenvalue weighted by Gasteiger charge is -2.15. The van der Waals surface area contributed by atoms with Crippen LogP contribution in [0.25, 0.3) is 0 Å². The van der Waals surface area contributed by atoms with Crippen molar-refractivity contribution in [2.75, 3.05) is 26.1 Å². The van der Waals surface area contributed by atoms with E-state index >= 15 is 0 Å². The number of benzene rings is 1. The SMILES string of the molecule is CCOc1cccc(NC(=O)N(C)OC)c1. The Balaban J connectivity index is 2.66. The molecule has 5 heteroatoms. The fraction of sp³-hybridized carbons (Fsp3) is 0.364. The molecule has 0 bridgehead atoms.